The molecule has 0 aromatic heterocycles. The Morgan fingerprint density at radius 1 is 1.48 bits per heavy atom. The summed E-state index contributed by atoms with van der Waals surface area (Å²) in [5, 5.41) is 3.60. The molecule has 1 saturated heterocycles. The predicted molar refractivity (Wildman–Crippen MR) is 90.6 cm³/mol. The van der Waals surface area contributed by atoms with Gasteiger partial charge in [0.25, 0.3) is 0 Å². The van der Waals surface area contributed by atoms with Crippen LogP contribution in [0.3, 0.4) is 0 Å². The number of nitrogens with two attached hydrogens (primary N) is 1. The maximum Gasteiger partial charge on any atom is 0.238 e. The van der Waals surface area contributed by atoms with Crippen LogP contribution in [0.15, 0.2) is 18.2 Å². The summed E-state index contributed by atoms with van der Waals surface area (Å²) in [4.78, 5) is 14.2. The molecule has 2 rings (SSSR count). The fraction of sp³-hybridized carbons (Fsp3) is 0.500. The number of nitrogens with zero attached hydrogens (tertiary/aromatic N) is 1. The van der Waals surface area contributed by atoms with Crippen molar-refractivity contribution < 1.29 is 4.79 Å². The van der Waals surface area contributed by atoms with Gasteiger partial charge in [0.2, 0.25) is 5.91 Å². The molecule has 1 aliphatic rings. The standard InChI is InChI=1S/C14H19Cl2N3O.ClH/c1-14(8-17)5-6-19(9-14)7-12(20)18-11-4-2-3-10(15)13(11)16;/h2-4H,5-9,17H2,1H3,(H,18,20);1H. The van der Waals surface area contributed by atoms with Gasteiger partial charge in [-0.3, -0.25) is 9.69 Å². The molecule has 3 N–H and O–H groups in total. The number of hydrogen-bond donors (Lipinski definition) is 2. The van der Waals surface area contributed by atoms with E-state index in [1.165, 1.54) is 0 Å². The lowest BCUT2D eigenvalue weighted by atomic mass is 9.90. The lowest BCUT2D eigenvalue weighted by Crippen LogP contribution is -2.35. The van der Waals surface area contributed by atoms with Crippen LogP contribution in [0.4, 0.5) is 5.69 Å². The summed E-state index contributed by atoms with van der Waals surface area (Å²) in [6.45, 7) is 4.88. The molecule has 1 unspecified atom stereocenters. The first-order chi connectivity index (χ1) is 9.43. The second kappa shape index (κ2) is 7.65. The molecular weight excluding hydrogens is 333 g/mol. The van der Waals surface area contributed by atoms with Crippen LogP contribution in [0.1, 0.15) is 13.3 Å². The predicted octanol–water partition coefficient (Wildman–Crippen LogP) is 3.02. The minimum absolute atomic E-state index is 0. The van der Waals surface area contributed by atoms with Crippen LogP contribution in [-0.2, 0) is 4.79 Å². The van der Waals surface area contributed by atoms with Crippen LogP contribution >= 0.6 is 35.6 Å². The topological polar surface area (TPSA) is 58.4 Å². The van der Waals surface area contributed by atoms with E-state index in [9.17, 15) is 4.79 Å². The number of likely N-dealkylation sites (tertiary alicyclic amines) is 1. The van der Waals surface area contributed by atoms with Crippen LogP contribution in [-0.4, -0.2) is 37.0 Å². The second-order valence-electron chi connectivity index (χ2n) is 5.62. The summed E-state index contributed by atoms with van der Waals surface area (Å²) >= 11 is 12.0. The highest BCUT2D eigenvalue weighted by Crippen LogP contribution is 2.30. The van der Waals surface area contributed by atoms with Gasteiger partial charge in [0, 0.05) is 6.54 Å². The average Bonchev–Trinajstić information content (AvgIpc) is 2.77. The summed E-state index contributed by atoms with van der Waals surface area (Å²) < 4.78 is 0. The van der Waals surface area contributed by atoms with Gasteiger partial charge in [0.15, 0.2) is 0 Å². The van der Waals surface area contributed by atoms with Gasteiger partial charge in [0.1, 0.15) is 0 Å². The van der Waals surface area contributed by atoms with Gasteiger partial charge in [0.05, 0.1) is 22.3 Å². The molecule has 4 nitrogen and oxygen atoms in total. The lowest BCUT2D eigenvalue weighted by molar-refractivity contribution is -0.117. The van der Waals surface area contributed by atoms with Crippen molar-refractivity contribution in [2.45, 2.75) is 13.3 Å². The van der Waals surface area contributed by atoms with Crippen molar-refractivity contribution in [1.82, 2.24) is 4.90 Å². The van der Waals surface area contributed by atoms with Gasteiger partial charge < -0.3 is 11.1 Å². The third-order valence-electron chi connectivity index (χ3n) is 3.72. The molecule has 1 heterocycles. The Morgan fingerprint density at radius 2 is 2.19 bits per heavy atom. The normalized spacial score (nSPS) is 21.9. The molecule has 118 valence electrons. The lowest BCUT2D eigenvalue weighted by Gasteiger charge is -2.22. The Hall–Kier alpha value is -0.520. The molecule has 1 aliphatic heterocycles. The number of carbonyl (C=O) groups excluding carboxylic acids is 1. The monoisotopic (exact) mass is 351 g/mol. The molecule has 0 bridgehead atoms. The molecule has 7 heteroatoms. The number of amides is 1. The van der Waals surface area contributed by atoms with E-state index in [2.05, 4.69) is 17.1 Å². The SMILES string of the molecule is CC1(CN)CCN(CC(=O)Nc2cccc(Cl)c2Cl)C1.Cl. The first kappa shape index (κ1) is 18.5. The minimum atomic E-state index is -0.0876. The minimum Gasteiger partial charge on any atom is -0.330 e. The van der Waals surface area contributed by atoms with Crippen LogP contribution < -0.4 is 11.1 Å². The van der Waals surface area contributed by atoms with Crippen molar-refractivity contribution in [2.24, 2.45) is 11.1 Å². The summed E-state index contributed by atoms with van der Waals surface area (Å²) in [5.41, 5.74) is 6.43. The third-order valence-corrected chi connectivity index (χ3v) is 4.54. The number of halogens is 3. The van der Waals surface area contributed by atoms with Crippen molar-refractivity contribution in [3.63, 3.8) is 0 Å². The number of rotatable bonds is 4. The number of anilines is 1. The van der Waals surface area contributed by atoms with Crippen molar-refractivity contribution in [1.29, 1.82) is 0 Å². The first-order valence-electron chi connectivity index (χ1n) is 6.60. The molecule has 0 saturated carbocycles. The second-order valence-corrected chi connectivity index (χ2v) is 6.41. The molecular formula is C14H20Cl3N3O. The van der Waals surface area contributed by atoms with Crippen LogP contribution in [0.25, 0.3) is 0 Å². The molecule has 0 spiro atoms. The van der Waals surface area contributed by atoms with E-state index in [4.69, 9.17) is 28.9 Å². The Morgan fingerprint density at radius 3 is 2.81 bits per heavy atom. The summed E-state index contributed by atoms with van der Waals surface area (Å²) in [5.74, 6) is -0.0876. The highest BCUT2D eigenvalue weighted by molar-refractivity contribution is 6.43. The van der Waals surface area contributed by atoms with E-state index in [1.807, 2.05) is 0 Å². The van der Waals surface area contributed by atoms with Crippen molar-refractivity contribution >= 4 is 47.2 Å². The van der Waals surface area contributed by atoms with E-state index < -0.39 is 0 Å². The Kier molecular flexibility index (Phi) is 6.75. The van der Waals surface area contributed by atoms with Crippen molar-refractivity contribution in [2.75, 3.05) is 31.5 Å². The van der Waals surface area contributed by atoms with Gasteiger partial charge in [-0.1, -0.05) is 36.2 Å². The molecule has 1 atom stereocenters. The summed E-state index contributed by atoms with van der Waals surface area (Å²) in [7, 11) is 0. The molecule has 1 aromatic rings. The highest BCUT2D eigenvalue weighted by Gasteiger charge is 2.33. The first-order valence-corrected chi connectivity index (χ1v) is 7.35. The molecule has 0 aliphatic carbocycles. The third kappa shape index (κ3) is 4.73. The van der Waals surface area contributed by atoms with E-state index in [1.54, 1.807) is 18.2 Å². The van der Waals surface area contributed by atoms with E-state index in [0.29, 0.717) is 28.8 Å². The summed E-state index contributed by atoms with van der Waals surface area (Å²) in [6, 6.07) is 5.18. The van der Waals surface area contributed by atoms with Crippen molar-refractivity contribution in [3.8, 4) is 0 Å². The smallest absolute Gasteiger partial charge is 0.238 e. The Bertz CT molecular complexity index is 512. The number of nitrogens with one attached hydrogen (secondary N) is 1. The summed E-state index contributed by atoms with van der Waals surface area (Å²) in [6.07, 6.45) is 1.02. The zero-order valence-electron chi connectivity index (χ0n) is 11.9. The number of carbonyl (C=O) groups is 1. The zero-order chi connectivity index (χ0) is 14.8. The van der Waals surface area contributed by atoms with Crippen molar-refractivity contribution in [3.05, 3.63) is 28.2 Å². The maximum atomic E-state index is 12.0. The van der Waals surface area contributed by atoms with E-state index >= 15 is 0 Å². The number of hydrogen-bond acceptors (Lipinski definition) is 3. The molecule has 1 amide bonds. The highest BCUT2D eigenvalue weighted by atomic mass is 35.5. The Labute approximate surface area is 141 Å². The van der Waals surface area contributed by atoms with Gasteiger partial charge in [-0.15, -0.1) is 12.4 Å². The van der Waals surface area contributed by atoms with Gasteiger partial charge >= 0.3 is 0 Å². The maximum absolute atomic E-state index is 12.0. The zero-order valence-corrected chi connectivity index (χ0v) is 14.2. The fourth-order valence-corrected chi connectivity index (χ4v) is 2.77. The average molecular weight is 353 g/mol. The molecule has 0 radical (unpaired) electrons. The van der Waals surface area contributed by atoms with Crippen LogP contribution in [0.2, 0.25) is 10.0 Å². The largest absolute Gasteiger partial charge is 0.330 e. The molecule has 21 heavy (non-hydrogen) atoms. The van der Waals surface area contributed by atoms with Gasteiger partial charge in [-0.25, -0.2) is 0 Å². The van der Waals surface area contributed by atoms with Crippen LogP contribution in [0.5, 0.6) is 0 Å². The molecule has 1 fully saturated rings. The fourth-order valence-electron chi connectivity index (χ4n) is 2.42. The van der Waals surface area contributed by atoms with Gasteiger partial charge in [-0.2, -0.15) is 0 Å². The van der Waals surface area contributed by atoms with Crippen LogP contribution in [0, 0.1) is 5.41 Å². The van der Waals surface area contributed by atoms with Gasteiger partial charge in [-0.05, 0) is 37.1 Å². The van der Waals surface area contributed by atoms with E-state index in [0.717, 1.165) is 19.5 Å². The number of benzene rings is 1. The molecule has 1 aromatic carbocycles. The van der Waals surface area contributed by atoms with E-state index in [-0.39, 0.29) is 23.7 Å². The Balaban J connectivity index is 0.00000220. The quantitative estimate of drug-likeness (QED) is 0.875.